The molecular formula is C22H32FN3O2. The Morgan fingerprint density at radius 3 is 2.57 bits per heavy atom. The monoisotopic (exact) mass is 389 g/mol. The number of hydrogen-bond acceptors (Lipinski definition) is 4. The van der Waals surface area contributed by atoms with E-state index in [-0.39, 0.29) is 17.1 Å². The molecule has 1 aromatic rings. The van der Waals surface area contributed by atoms with Gasteiger partial charge in [-0.1, -0.05) is 0 Å². The highest BCUT2D eigenvalue weighted by atomic mass is 19.1. The van der Waals surface area contributed by atoms with Gasteiger partial charge in [0.05, 0.1) is 6.61 Å². The van der Waals surface area contributed by atoms with Crippen LogP contribution >= 0.6 is 0 Å². The Morgan fingerprint density at radius 1 is 1.21 bits per heavy atom. The van der Waals surface area contributed by atoms with E-state index in [1.807, 2.05) is 4.90 Å². The predicted molar refractivity (Wildman–Crippen MR) is 108 cm³/mol. The molecule has 3 aliphatic heterocycles. The van der Waals surface area contributed by atoms with E-state index >= 15 is 0 Å². The van der Waals surface area contributed by atoms with Crippen molar-refractivity contribution in [2.24, 2.45) is 0 Å². The van der Waals surface area contributed by atoms with Crippen LogP contribution in [0.2, 0.25) is 0 Å². The summed E-state index contributed by atoms with van der Waals surface area (Å²) in [6.07, 6.45) is 4.41. The summed E-state index contributed by atoms with van der Waals surface area (Å²) in [6.45, 7) is 8.48. The van der Waals surface area contributed by atoms with Gasteiger partial charge in [0.1, 0.15) is 5.82 Å². The highest BCUT2D eigenvalue weighted by Gasteiger charge is 2.46. The second kappa shape index (κ2) is 8.09. The average Bonchev–Trinajstić information content (AvgIpc) is 3.01. The summed E-state index contributed by atoms with van der Waals surface area (Å²) in [4.78, 5) is 19.1. The molecule has 2 saturated heterocycles. The first-order valence-corrected chi connectivity index (χ1v) is 10.6. The predicted octanol–water partition coefficient (Wildman–Crippen LogP) is 2.64. The maximum Gasteiger partial charge on any atom is 0.223 e. The van der Waals surface area contributed by atoms with Crippen molar-refractivity contribution in [1.29, 1.82) is 0 Å². The zero-order chi connectivity index (χ0) is 19.7. The van der Waals surface area contributed by atoms with Gasteiger partial charge in [-0.3, -0.25) is 4.79 Å². The van der Waals surface area contributed by atoms with Gasteiger partial charge in [0, 0.05) is 44.3 Å². The lowest BCUT2D eigenvalue weighted by Crippen LogP contribution is -2.52. The third-order valence-electron chi connectivity index (χ3n) is 7.10. The first-order valence-electron chi connectivity index (χ1n) is 10.6. The molecule has 3 heterocycles. The van der Waals surface area contributed by atoms with E-state index in [0.717, 1.165) is 63.4 Å². The topological polar surface area (TPSA) is 36.0 Å². The fourth-order valence-electron chi connectivity index (χ4n) is 5.40. The Morgan fingerprint density at radius 2 is 1.93 bits per heavy atom. The number of likely N-dealkylation sites (tertiary alicyclic amines) is 2. The van der Waals surface area contributed by atoms with Gasteiger partial charge in [0.2, 0.25) is 5.91 Å². The molecule has 0 aliphatic carbocycles. The van der Waals surface area contributed by atoms with Gasteiger partial charge >= 0.3 is 0 Å². The molecule has 2 fully saturated rings. The molecule has 0 unspecified atom stereocenters. The summed E-state index contributed by atoms with van der Waals surface area (Å²) in [6, 6.07) is 5.57. The minimum absolute atomic E-state index is 0.0515. The summed E-state index contributed by atoms with van der Waals surface area (Å²) in [5.74, 6) is -0.148. The largest absolute Gasteiger partial charge is 0.383 e. The molecule has 1 amide bonds. The van der Waals surface area contributed by atoms with Crippen LogP contribution in [0.4, 0.5) is 10.1 Å². The van der Waals surface area contributed by atoms with Gasteiger partial charge in [-0.2, -0.15) is 0 Å². The fraction of sp³-hybridized carbons (Fsp3) is 0.682. The molecule has 28 heavy (non-hydrogen) atoms. The van der Waals surface area contributed by atoms with Crippen LogP contribution in [-0.2, 0) is 14.9 Å². The van der Waals surface area contributed by atoms with E-state index < -0.39 is 0 Å². The van der Waals surface area contributed by atoms with Crippen molar-refractivity contribution in [3.05, 3.63) is 29.6 Å². The summed E-state index contributed by atoms with van der Waals surface area (Å²) >= 11 is 0. The van der Waals surface area contributed by atoms with E-state index in [1.165, 1.54) is 18.9 Å². The second-order valence-electron chi connectivity index (χ2n) is 8.65. The van der Waals surface area contributed by atoms with Crippen molar-refractivity contribution in [3.8, 4) is 0 Å². The van der Waals surface area contributed by atoms with Crippen LogP contribution < -0.4 is 4.90 Å². The highest BCUT2D eigenvalue weighted by Crippen LogP contribution is 2.47. The molecule has 0 saturated carbocycles. The lowest BCUT2D eigenvalue weighted by molar-refractivity contribution is -0.116. The van der Waals surface area contributed by atoms with E-state index in [4.69, 9.17) is 4.74 Å². The molecule has 3 aliphatic rings. The molecule has 0 radical (unpaired) electrons. The minimum atomic E-state index is -0.200. The fourth-order valence-corrected chi connectivity index (χ4v) is 5.40. The molecule has 5 nitrogen and oxygen atoms in total. The minimum Gasteiger partial charge on any atom is -0.383 e. The lowest BCUT2D eigenvalue weighted by atomic mass is 9.74. The third-order valence-corrected chi connectivity index (χ3v) is 7.10. The van der Waals surface area contributed by atoms with E-state index in [1.54, 1.807) is 26.2 Å². The Balaban J connectivity index is 1.41. The van der Waals surface area contributed by atoms with Gasteiger partial charge in [-0.05, 0) is 75.6 Å². The van der Waals surface area contributed by atoms with E-state index in [0.29, 0.717) is 12.6 Å². The van der Waals surface area contributed by atoms with Crippen molar-refractivity contribution < 1.29 is 13.9 Å². The number of amides is 1. The standard InChI is InChI=1S/C22H32FN3O2/c1-17(27)26-16-22(20-15-18(23)3-4-21(20)26)7-11-25(12-8-22)19-5-9-24(10-6-19)13-14-28-2/h3-4,15,19H,5-14,16H2,1-2H3. The van der Waals surface area contributed by atoms with Crippen LogP contribution in [-0.4, -0.2) is 74.7 Å². The Bertz CT molecular complexity index is 710. The Kier molecular flexibility index (Phi) is 5.72. The number of benzene rings is 1. The number of carbonyl (C=O) groups is 1. The summed E-state index contributed by atoms with van der Waals surface area (Å²) in [7, 11) is 1.76. The number of carbonyl (C=O) groups excluding carboxylic acids is 1. The molecule has 0 atom stereocenters. The van der Waals surface area contributed by atoms with Crippen molar-refractivity contribution >= 4 is 11.6 Å². The number of rotatable bonds is 4. The Hall–Kier alpha value is -1.50. The van der Waals surface area contributed by atoms with Crippen LogP contribution in [0.15, 0.2) is 18.2 Å². The third kappa shape index (κ3) is 3.70. The van der Waals surface area contributed by atoms with Crippen LogP contribution in [0.25, 0.3) is 0 Å². The first kappa shape index (κ1) is 19.8. The van der Waals surface area contributed by atoms with Gasteiger partial charge < -0.3 is 19.4 Å². The van der Waals surface area contributed by atoms with Gasteiger partial charge in [-0.25, -0.2) is 4.39 Å². The van der Waals surface area contributed by atoms with Crippen molar-refractivity contribution in [1.82, 2.24) is 9.80 Å². The van der Waals surface area contributed by atoms with Crippen molar-refractivity contribution in [3.63, 3.8) is 0 Å². The number of anilines is 1. The molecule has 6 heteroatoms. The molecule has 4 rings (SSSR count). The molecule has 0 bridgehead atoms. The number of halogens is 1. The molecule has 154 valence electrons. The quantitative estimate of drug-likeness (QED) is 0.793. The maximum absolute atomic E-state index is 14.0. The summed E-state index contributed by atoms with van der Waals surface area (Å²) in [5, 5.41) is 0. The number of nitrogens with zero attached hydrogens (tertiary/aromatic N) is 3. The van der Waals surface area contributed by atoms with Gasteiger partial charge in [0.25, 0.3) is 0 Å². The SMILES string of the molecule is COCCN1CCC(N2CCC3(CC2)CN(C(C)=O)c2ccc(F)cc23)CC1. The number of piperidine rings is 2. The first-order chi connectivity index (χ1) is 13.5. The zero-order valence-corrected chi connectivity index (χ0v) is 17.1. The van der Waals surface area contributed by atoms with Crippen molar-refractivity contribution in [2.75, 3.05) is 57.9 Å². The van der Waals surface area contributed by atoms with Crippen LogP contribution in [0.5, 0.6) is 0 Å². The van der Waals surface area contributed by atoms with Gasteiger partial charge in [-0.15, -0.1) is 0 Å². The lowest BCUT2D eigenvalue weighted by Gasteiger charge is -2.45. The highest BCUT2D eigenvalue weighted by molar-refractivity contribution is 5.94. The molecule has 1 aromatic carbocycles. The van der Waals surface area contributed by atoms with Crippen LogP contribution in [0, 0.1) is 5.82 Å². The normalized spacial score (nSPS) is 23.3. The number of hydrogen-bond donors (Lipinski definition) is 0. The molecule has 0 N–H and O–H groups in total. The smallest absolute Gasteiger partial charge is 0.223 e. The van der Waals surface area contributed by atoms with Gasteiger partial charge in [0.15, 0.2) is 0 Å². The number of methoxy groups -OCH3 is 1. The summed E-state index contributed by atoms with van der Waals surface area (Å²) in [5.41, 5.74) is 1.87. The molecular weight excluding hydrogens is 357 g/mol. The Labute approximate surface area is 167 Å². The zero-order valence-electron chi connectivity index (χ0n) is 17.1. The van der Waals surface area contributed by atoms with E-state index in [9.17, 15) is 9.18 Å². The summed E-state index contributed by atoms with van der Waals surface area (Å²) < 4.78 is 19.2. The number of ether oxygens (including phenoxy) is 1. The second-order valence-corrected chi connectivity index (χ2v) is 8.65. The molecule has 0 aromatic heterocycles. The maximum atomic E-state index is 14.0. The van der Waals surface area contributed by atoms with E-state index in [2.05, 4.69) is 9.80 Å². The van der Waals surface area contributed by atoms with Crippen LogP contribution in [0.3, 0.4) is 0 Å². The molecule has 1 spiro atoms. The number of fused-ring (bicyclic) bond motifs is 2. The van der Waals surface area contributed by atoms with Crippen molar-refractivity contribution in [2.45, 2.75) is 44.1 Å². The average molecular weight is 390 g/mol. The van der Waals surface area contributed by atoms with Crippen LogP contribution in [0.1, 0.15) is 38.2 Å².